The van der Waals surface area contributed by atoms with Gasteiger partial charge in [-0.25, -0.2) is 8.42 Å². The summed E-state index contributed by atoms with van der Waals surface area (Å²) < 4.78 is 29.0. The van der Waals surface area contributed by atoms with E-state index in [9.17, 15) is 8.42 Å². The van der Waals surface area contributed by atoms with Crippen LogP contribution in [0.2, 0.25) is 18.1 Å². The maximum Gasteiger partial charge on any atom is 0.191 e. The summed E-state index contributed by atoms with van der Waals surface area (Å²) in [6.07, 6.45) is 2.10. The minimum atomic E-state index is -3.04. The molecule has 0 radical (unpaired) electrons. The number of hydrogen-bond acceptors (Lipinski definition) is 3. The Labute approximate surface area is 125 Å². The fourth-order valence-electron chi connectivity index (χ4n) is 2.17. The lowest BCUT2D eigenvalue weighted by molar-refractivity contribution is 0.0900. The van der Waals surface area contributed by atoms with Gasteiger partial charge >= 0.3 is 0 Å². The molecule has 20 heavy (non-hydrogen) atoms. The summed E-state index contributed by atoms with van der Waals surface area (Å²) in [5.41, 5.74) is 0.967. The third-order valence-corrected chi connectivity index (χ3v) is 10.3. The number of sulfone groups is 1. The van der Waals surface area contributed by atoms with Crippen molar-refractivity contribution in [2.45, 2.75) is 59.2 Å². The van der Waals surface area contributed by atoms with Crippen molar-refractivity contribution in [1.82, 2.24) is 0 Å². The average Bonchev–Trinajstić information content (AvgIpc) is 2.19. The molecule has 1 saturated carbocycles. The molecule has 1 rings (SSSR count). The van der Waals surface area contributed by atoms with E-state index in [4.69, 9.17) is 4.43 Å². The molecular formula is C15H30O3SSi. The van der Waals surface area contributed by atoms with Crippen LogP contribution < -0.4 is 0 Å². The highest BCUT2D eigenvalue weighted by Crippen LogP contribution is 2.52. The lowest BCUT2D eigenvalue weighted by Gasteiger charge is -2.49. The van der Waals surface area contributed by atoms with Crippen molar-refractivity contribution in [1.29, 1.82) is 0 Å². The van der Waals surface area contributed by atoms with Gasteiger partial charge in [0.05, 0.1) is 0 Å². The summed E-state index contributed by atoms with van der Waals surface area (Å²) in [5, 5.41) is 1.65. The SMILES string of the molecule is CC1(C)C(=CS(C)(=O)=O)CC1CO[Si](C)(C)C(C)(C)C. The molecule has 118 valence electrons. The molecule has 0 bridgehead atoms. The maximum absolute atomic E-state index is 11.4. The summed E-state index contributed by atoms with van der Waals surface area (Å²) in [6.45, 7) is 16.2. The molecule has 0 N–H and O–H groups in total. The van der Waals surface area contributed by atoms with E-state index in [1.807, 2.05) is 0 Å². The van der Waals surface area contributed by atoms with Crippen molar-refractivity contribution in [3.63, 3.8) is 0 Å². The Morgan fingerprint density at radius 3 is 2.20 bits per heavy atom. The fourth-order valence-corrected chi connectivity index (χ4v) is 4.13. The quantitative estimate of drug-likeness (QED) is 0.736. The lowest BCUT2D eigenvalue weighted by atomic mass is 9.59. The predicted octanol–water partition coefficient (Wildman–Crippen LogP) is 3.98. The van der Waals surface area contributed by atoms with Gasteiger partial charge in [-0.3, -0.25) is 0 Å². The van der Waals surface area contributed by atoms with Gasteiger partial charge in [0.2, 0.25) is 0 Å². The van der Waals surface area contributed by atoms with Crippen LogP contribution in [0.15, 0.2) is 11.0 Å². The minimum absolute atomic E-state index is 0.0640. The zero-order valence-corrected chi connectivity index (χ0v) is 16.0. The monoisotopic (exact) mass is 318 g/mol. The van der Waals surface area contributed by atoms with Crippen LogP contribution in [0.3, 0.4) is 0 Å². The fraction of sp³-hybridized carbons (Fsp3) is 0.867. The average molecular weight is 319 g/mol. The standard InChI is InChI=1S/C15H30O3SSi/c1-14(2,3)20(7,8)18-10-12-9-13(15(12,4)5)11-19(6,16)17/h11-12H,9-10H2,1-8H3. The van der Waals surface area contributed by atoms with Crippen molar-refractivity contribution in [3.05, 3.63) is 11.0 Å². The second kappa shape index (κ2) is 5.25. The second-order valence-electron chi connectivity index (χ2n) is 8.17. The molecule has 0 heterocycles. The van der Waals surface area contributed by atoms with E-state index in [1.54, 1.807) is 0 Å². The first-order chi connectivity index (χ1) is 8.67. The van der Waals surface area contributed by atoms with Crippen LogP contribution in [0, 0.1) is 11.3 Å². The van der Waals surface area contributed by atoms with Gasteiger partial charge in [0, 0.05) is 18.3 Å². The van der Waals surface area contributed by atoms with Crippen LogP contribution in [0.25, 0.3) is 0 Å². The Morgan fingerprint density at radius 1 is 1.35 bits per heavy atom. The largest absolute Gasteiger partial charge is 0.417 e. The molecule has 0 aromatic rings. The van der Waals surface area contributed by atoms with Gasteiger partial charge < -0.3 is 4.43 Å². The first-order valence-corrected chi connectivity index (χ1v) is 12.1. The van der Waals surface area contributed by atoms with Crippen molar-refractivity contribution in [2.75, 3.05) is 12.9 Å². The van der Waals surface area contributed by atoms with E-state index in [-0.39, 0.29) is 10.5 Å². The van der Waals surface area contributed by atoms with E-state index >= 15 is 0 Å². The molecule has 1 aliphatic rings. The van der Waals surface area contributed by atoms with Crippen LogP contribution in [-0.4, -0.2) is 29.6 Å². The van der Waals surface area contributed by atoms with E-state index in [1.165, 1.54) is 11.7 Å². The summed E-state index contributed by atoms with van der Waals surface area (Å²) in [5.74, 6) is 0.421. The second-order valence-corrected chi connectivity index (χ2v) is 14.9. The molecule has 0 spiro atoms. The summed E-state index contributed by atoms with van der Waals surface area (Å²) in [7, 11) is -4.76. The smallest absolute Gasteiger partial charge is 0.191 e. The summed E-state index contributed by atoms with van der Waals surface area (Å²) >= 11 is 0. The zero-order valence-electron chi connectivity index (χ0n) is 14.2. The van der Waals surface area contributed by atoms with Gasteiger partial charge in [0.15, 0.2) is 18.2 Å². The minimum Gasteiger partial charge on any atom is -0.417 e. The Kier molecular flexibility index (Phi) is 4.70. The number of hydrogen-bond donors (Lipinski definition) is 0. The van der Waals surface area contributed by atoms with Gasteiger partial charge in [0.1, 0.15) is 0 Å². The highest BCUT2D eigenvalue weighted by atomic mass is 32.2. The first kappa shape index (κ1) is 17.9. The Bertz CT molecular complexity index is 496. The topological polar surface area (TPSA) is 43.4 Å². The van der Waals surface area contributed by atoms with E-state index < -0.39 is 18.2 Å². The van der Waals surface area contributed by atoms with Crippen molar-refractivity contribution < 1.29 is 12.8 Å². The Hall–Kier alpha value is -0.133. The maximum atomic E-state index is 11.4. The summed E-state index contributed by atoms with van der Waals surface area (Å²) in [4.78, 5) is 0. The third-order valence-electron chi connectivity index (χ3n) is 5.12. The van der Waals surface area contributed by atoms with Crippen LogP contribution >= 0.6 is 0 Å². The molecule has 1 unspecified atom stereocenters. The lowest BCUT2D eigenvalue weighted by Crippen LogP contribution is -2.47. The first-order valence-electron chi connectivity index (χ1n) is 7.22. The Balaban J connectivity index is 2.69. The van der Waals surface area contributed by atoms with Gasteiger partial charge in [-0.1, -0.05) is 40.2 Å². The van der Waals surface area contributed by atoms with Gasteiger partial charge in [-0.05, 0) is 35.9 Å². The van der Waals surface area contributed by atoms with Crippen LogP contribution in [0.5, 0.6) is 0 Å². The van der Waals surface area contributed by atoms with Gasteiger partial charge in [-0.15, -0.1) is 0 Å². The van der Waals surface area contributed by atoms with Crippen molar-refractivity contribution in [3.8, 4) is 0 Å². The van der Waals surface area contributed by atoms with Crippen molar-refractivity contribution in [2.24, 2.45) is 11.3 Å². The Morgan fingerprint density at radius 2 is 1.85 bits per heavy atom. The molecule has 0 aromatic heterocycles. The number of allylic oxidation sites excluding steroid dienone is 1. The molecule has 0 aromatic carbocycles. The van der Waals surface area contributed by atoms with Gasteiger partial charge in [0.25, 0.3) is 0 Å². The normalized spacial score (nSPS) is 25.6. The van der Waals surface area contributed by atoms with Crippen LogP contribution in [-0.2, 0) is 14.3 Å². The summed E-state index contributed by atoms with van der Waals surface area (Å²) in [6, 6.07) is 0. The third kappa shape index (κ3) is 3.95. The van der Waals surface area contributed by atoms with Crippen LogP contribution in [0.4, 0.5) is 0 Å². The molecule has 0 saturated heterocycles. The molecule has 0 aliphatic heterocycles. The highest BCUT2D eigenvalue weighted by Gasteiger charge is 2.46. The molecule has 1 atom stereocenters. The van der Waals surface area contributed by atoms with Crippen molar-refractivity contribution >= 4 is 18.2 Å². The highest BCUT2D eigenvalue weighted by molar-refractivity contribution is 7.93. The van der Waals surface area contributed by atoms with Gasteiger partial charge in [-0.2, -0.15) is 0 Å². The molecular weight excluding hydrogens is 288 g/mol. The molecule has 3 nitrogen and oxygen atoms in total. The molecule has 1 fully saturated rings. The molecule has 1 aliphatic carbocycles. The van der Waals surface area contributed by atoms with E-state index in [2.05, 4.69) is 47.7 Å². The molecule has 5 heteroatoms. The molecule has 0 amide bonds. The van der Waals surface area contributed by atoms with E-state index in [0.29, 0.717) is 5.92 Å². The van der Waals surface area contributed by atoms with E-state index in [0.717, 1.165) is 18.6 Å². The zero-order chi connectivity index (χ0) is 16.0. The van der Waals surface area contributed by atoms with Crippen LogP contribution in [0.1, 0.15) is 41.0 Å². The predicted molar refractivity (Wildman–Crippen MR) is 88.0 cm³/mol. The number of rotatable bonds is 4.